The molecular formula is C15H18N4O. The second-order valence-corrected chi connectivity index (χ2v) is 4.42. The van der Waals surface area contributed by atoms with Crippen molar-refractivity contribution in [3.8, 4) is 0 Å². The molecule has 1 aromatic carbocycles. The van der Waals surface area contributed by atoms with Crippen LogP contribution in [0.4, 0.5) is 11.4 Å². The summed E-state index contributed by atoms with van der Waals surface area (Å²) in [6.07, 6.45) is 1.66. The Bertz CT molecular complexity index is 625. The molecule has 0 aliphatic carbocycles. The van der Waals surface area contributed by atoms with Crippen molar-refractivity contribution in [1.82, 2.24) is 4.98 Å². The van der Waals surface area contributed by atoms with Crippen LogP contribution in [0.2, 0.25) is 0 Å². The van der Waals surface area contributed by atoms with Gasteiger partial charge < -0.3 is 15.8 Å². The fourth-order valence-electron chi connectivity index (χ4n) is 2.14. The lowest BCUT2D eigenvalue weighted by Crippen LogP contribution is -2.19. The summed E-state index contributed by atoms with van der Waals surface area (Å²) in [5.74, 6) is 0.00712. The maximum Gasteiger partial charge on any atom is 0.188 e. The number of pyridine rings is 1. The Hall–Kier alpha value is -2.56. The Morgan fingerprint density at radius 1 is 1.35 bits per heavy atom. The number of anilines is 2. The van der Waals surface area contributed by atoms with E-state index in [9.17, 15) is 0 Å². The molecule has 0 aliphatic heterocycles. The van der Waals surface area contributed by atoms with E-state index >= 15 is 0 Å². The molecule has 1 aromatic heterocycles. The Morgan fingerprint density at radius 3 is 2.75 bits per heavy atom. The number of hydrogen-bond acceptors (Lipinski definition) is 4. The van der Waals surface area contributed by atoms with E-state index in [1.807, 2.05) is 24.3 Å². The van der Waals surface area contributed by atoms with Crippen LogP contribution in [0.1, 0.15) is 18.2 Å². The van der Waals surface area contributed by atoms with Crippen LogP contribution in [0.25, 0.3) is 0 Å². The van der Waals surface area contributed by atoms with Crippen LogP contribution in [-0.2, 0) is 0 Å². The van der Waals surface area contributed by atoms with Crippen LogP contribution in [0.5, 0.6) is 0 Å². The van der Waals surface area contributed by atoms with Gasteiger partial charge >= 0.3 is 0 Å². The average molecular weight is 270 g/mol. The normalized spacial score (nSPS) is 11.4. The number of nitrogens with zero attached hydrogens (tertiary/aromatic N) is 3. The molecule has 3 N–H and O–H groups in total. The summed E-state index contributed by atoms with van der Waals surface area (Å²) in [4.78, 5) is 6.26. The lowest BCUT2D eigenvalue weighted by atomic mass is 10.1. The van der Waals surface area contributed by atoms with Crippen LogP contribution in [0, 0.1) is 6.92 Å². The summed E-state index contributed by atoms with van der Waals surface area (Å²) in [6.45, 7) is 4.96. The van der Waals surface area contributed by atoms with E-state index in [0.29, 0.717) is 5.69 Å². The van der Waals surface area contributed by atoms with E-state index in [4.69, 9.17) is 10.9 Å². The van der Waals surface area contributed by atoms with Crippen molar-refractivity contribution >= 4 is 17.2 Å². The van der Waals surface area contributed by atoms with Crippen molar-refractivity contribution in [2.24, 2.45) is 10.9 Å². The van der Waals surface area contributed by atoms with Crippen LogP contribution in [0.15, 0.2) is 47.8 Å². The van der Waals surface area contributed by atoms with Crippen LogP contribution >= 0.6 is 0 Å². The maximum atomic E-state index is 8.75. The molecule has 5 heteroatoms. The predicted octanol–water partition coefficient (Wildman–Crippen LogP) is 2.64. The summed E-state index contributed by atoms with van der Waals surface area (Å²) in [5.41, 5.74) is 9.33. The summed E-state index contributed by atoms with van der Waals surface area (Å²) in [7, 11) is 0. The molecule has 20 heavy (non-hydrogen) atoms. The van der Waals surface area contributed by atoms with Gasteiger partial charge in [0, 0.05) is 24.1 Å². The number of benzene rings is 1. The first-order valence-electron chi connectivity index (χ1n) is 6.44. The number of nitrogens with two attached hydrogens (primary N) is 1. The third-order valence-corrected chi connectivity index (χ3v) is 3.15. The van der Waals surface area contributed by atoms with Gasteiger partial charge in [0.15, 0.2) is 5.84 Å². The molecule has 0 atom stereocenters. The Balaban J connectivity index is 2.45. The molecule has 0 radical (unpaired) electrons. The van der Waals surface area contributed by atoms with Gasteiger partial charge in [0.25, 0.3) is 0 Å². The lowest BCUT2D eigenvalue weighted by molar-refractivity contribution is 0.318. The molecule has 0 fully saturated rings. The summed E-state index contributed by atoms with van der Waals surface area (Å²) >= 11 is 0. The monoisotopic (exact) mass is 270 g/mol. The van der Waals surface area contributed by atoms with E-state index in [1.165, 1.54) is 5.56 Å². The molecule has 5 nitrogen and oxygen atoms in total. The highest BCUT2D eigenvalue weighted by molar-refractivity contribution is 5.96. The van der Waals surface area contributed by atoms with Gasteiger partial charge in [0.1, 0.15) is 5.69 Å². The van der Waals surface area contributed by atoms with E-state index in [1.54, 1.807) is 6.20 Å². The second-order valence-electron chi connectivity index (χ2n) is 4.42. The minimum absolute atomic E-state index is 0.00712. The van der Waals surface area contributed by atoms with Crippen molar-refractivity contribution < 1.29 is 5.21 Å². The Labute approximate surface area is 118 Å². The molecule has 0 saturated carbocycles. The Kier molecular flexibility index (Phi) is 4.20. The number of hydrogen-bond donors (Lipinski definition) is 2. The fraction of sp³-hybridized carbons (Fsp3) is 0.200. The summed E-state index contributed by atoms with van der Waals surface area (Å²) in [6, 6.07) is 11.9. The SMILES string of the molecule is CCN(c1ccnc(C(N)=NO)c1)c1ccccc1C. The van der Waals surface area contributed by atoms with Crippen LogP contribution < -0.4 is 10.6 Å². The summed E-state index contributed by atoms with van der Waals surface area (Å²) in [5, 5.41) is 11.7. The zero-order valence-electron chi connectivity index (χ0n) is 11.6. The minimum atomic E-state index is 0.00712. The first kappa shape index (κ1) is 13.9. The van der Waals surface area contributed by atoms with Crippen molar-refractivity contribution in [2.45, 2.75) is 13.8 Å². The van der Waals surface area contributed by atoms with E-state index in [2.05, 4.69) is 41.0 Å². The van der Waals surface area contributed by atoms with Crippen LogP contribution in [0.3, 0.4) is 0 Å². The number of aryl methyl sites for hydroxylation is 1. The molecule has 0 spiro atoms. The topological polar surface area (TPSA) is 74.7 Å². The smallest absolute Gasteiger partial charge is 0.188 e. The zero-order valence-corrected chi connectivity index (χ0v) is 11.6. The molecule has 0 unspecified atom stereocenters. The van der Waals surface area contributed by atoms with Gasteiger partial charge in [0.05, 0.1) is 0 Å². The molecule has 1 heterocycles. The van der Waals surface area contributed by atoms with Crippen molar-refractivity contribution in [2.75, 3.05) is 11.4 Å². The molecular weight excluding hydrogens is 252 g/mol. The fourth-order valence-corrected chi connectivity index (χ4v) is 2.14. The van der Waals surface area contributed by atoms with Crippen molar-refractivity contribution in [3.05, 3.63) is 53.9 Å². The van der Waals surface area contributed by atoms with Crippen LogP contribution in [-0.4, -0.2) is 22.6 Å². The quantitative estimate of drug-likeness (QED) is 0.387. The number of rotatable bonds is 4. The predicted molar refractivity (Wildman–Crippen MR) is 80.6 cm³/mol. The number of oxime groups is 1. The van der Waals surface area contributed by atoms with Gasteiger partial charge in [-0.15, -0.1) is 0 Å². The minimum Gasteiger partial charge on any atom is -0.409 e. The number of amidine groups is 1. The molecule has 2 rings (SSSR count). The molecule has 0 saturated heterocycles. The average Bonchev–Trinajstić information content (AvgIpc) is 2.49. The molecule has 0 bridgehead atoms. The van der Waals surface area contributed by atoms with Gasteiger partial charge in [-0.25, -0.2) is 0 Å². The third-order valence-electron chi connectivity index (χ3n) is 3.15. The molecule has 104 valence electrons. The van der Waals surface area contributed by atoms with E-state index in [-0.39, 0.29) is 5.84 Å². The first-order chi connectivity index (χ1) is 9.67. The second kappa shape index (κ2) is 6.06. The molecule has 0 amide bonds. The molecule has 0 aliphatic rings. The number of para-hydroxylation sites is 1. The van der Waals surface area contributed by atoms with Gasteiger partial charge in [0.2, 0.25) is 0 Å². The van der Waals surface area contributed by atoms with E-state index in [0.717, 1.165) is 17.9 Å². The van der Waals surface area contributed by atoms with Crippen molar-refractivity contribution in [1.29, 1.82) is 0 Å². The zero-order chi connectivity index (χ0) is 14.5. The standard InChI is InChI=1S/C15H18N4O/c1-3-19(14-7-5-4-6-11(14)2)12-8-9-17-13(10-12)15(16)18-20/h4-10,20H,3H2,1-2H3,(H2,16,18). The Morgan fingerprint density at radius 2 is 2.10 bits per heavy atom. The highest BCUT2D eigenvalue weighted by atomic mass is 16.4. The highest BCUT2D eigenvalue weighted by Crippen LogP contribution is 2.27. The highest BCUT2D eigenvalue weighted by Gasteiger charge is 2.11. The number of aromatic nitrogens is 1. The maximum absolute atomic E-state index is 8.75. The third kappa shape index (κ3) is 2.71. The largest absolute Gasteiger partial charge is 0.409 e. The van der Waals surface area contributed by atoms with Gasteiger partial charge in [-0.05, 0) is 37.6 Å². The van der Waals surface area contributed by atoms with Gasteiger partial charge in [-0.3, -0.25) is 4.98 Å². The molecule has 2 aromatic rings. The summed E-state index contributed by atoms with van der Waals surface area (Å²) < 4.78 is 0. The van der Waals surface area contributed by atoms with E-state index < -0.39 is 0 Å². The van der Waals surface area contributed by atoms with Gasteiger partial charge in [-0.1, -0.05) is 23.4 Å². The lowest BCUT2D eigenvalue weighted by Gasteiger charge is -2.25. The first-order valence-corrected chi connectivity index (χ1v) is 6.44. The van der Waals surface area contributed by atoms with Gasteiger partial charge in [-0.2, -0.15) is 0 Å². The van der Waals surface area contributed by atoms with Crippen molar-refractivity contribution in [3.63, 3.8) is 0 Å².